The zero-order valence-electron chi connectivity index (χ0n) is 53.1. The molecule has 1 saturated carbocycles. The molecule has 35 heteroatoms. The van der Waals surface area contributed by atoms with Gasteiger partial charge in [-0.1, -0.05) is 10.2 Å². The zero-order chi connectivity index (χ0) is 66.8. The van der Waals surface area contributed by atoms with Crippen LogP contribution in [0.25, 0.3) is 20.9 Å². The van der Waals surface area contributed by atoms with E-state index in [4.69, 9.17) is 56.8 Å². The molecule has 6 amide bonds. The molecule has 3 saturated heterocycles. The molecule has 502 valence electrons. The normalized spacial score (nSPS) is 32.1. The van der Waals surface area contributed by atoms with Gasteiger partial charge in [0.15, 0.2) is 18.9 Å². The van der Waals surface area contributed by atoms with Gasteiger partial charge in [0, 0.05) is 22.9 Å². The summed E-state index contributed by atoms with van der Waals surface area (Å²) in [6.45, 7) is 26.1. The van der Waals surface area contributed by atoms with Gasteiger partial charge in [0.05, 0.1) is 42.9 Å². The van der Waals surface area contributed by atoms with Gasteiger partial charge in [-0.2, -0.15) is 0 Å². The van der Waals surface area contributed by atoms with Crippen molar-refractivity contribution < 1.29 is 111 Å². The van der Waals surface area contributed by atoms with E-state index in [2.05, 4.69) is 52.0 Å². The number of hydrogen-bond donors (Lipinski definition) is 11. The third kappa shape index (κ3) is 23.3. The number of aliphatic hydroxyl groups is 5. The van der Waals surface area contributed by atoms with Crippen molar-refractivity contribution in [3.8, 4) is 0 Å². The highest BCUT2D eigenvalue weighted by atomic mass is 16.8. The number of amides is 6. The lowest BCUT2D eigenvalue weighted by molar-refractivity contribution is -0.304. The van der Waals surface area contributed by atoms with Gasteiger partial charge in [-0.05, 0) is 142 Å². The second-order valence-electron chi connectivity index (χ2n) is 27.3. The number of carbonyl (C=O) groups excluding carboxylic acids is 6. The van der Waals surface area contributed by atoms with Gasteiger partial charge in [0.2, 0.25) is 0 Å². The van der Waals surface area contributed by atoms with Gasteiger partial charge in [-0.3, -0.25) is 0 Å². The summed E-state index contributed by atoms with van der Waals surface area (Å²) in [5.41, 5.74) is 13.3. The molecule has 0 aromatic carbocycles. The monoisotopic (exact) mass is 1260 g/mol. The van der Waals surface area contributed by atoms with Crippen molar-refractivity contribution in [2.24, 2.45) is 10.2 Å². The first-order valence-corrected chi connectivity index (χ1v) is 28.6. The van der Waals surface area contributed by atoms with Crippen LogP contribution in [0.15, 0.2) is 10.2 Å². The molecule has 0 spiro atoms. The van der Waals surface area contributed by atoms with E-state index in [0.29, 0.717) is 0 Å². The molecule has 1 aliphatic carbocycles. The third-order valence-electron chi connectivity index (χ3n) is 12.6. The molecule has 3 aliphatic heterocycles. The summed E-state index contributed by atoms with van der Waals surface area (Å²) in [5, 5.41) is 81.3. The van der Waals surface area contributed by atoms with E-state index in [1.165, 1.54) is 0 Å². The average molecular weight is 1270 g/mol. The Balaban J connectivity index is 1.94. The molecule has 11 N–H and O–H groups in total. The Morgan fingerprint density at radius 3 is 1.24 bits per heavy atom. The van der Waals surface area contributed by atoms with Crippen LogP contribution in [0, 0.1) is 0 Å². The number of azide groups is 2. The topological polar surface area (TPSA) is 484 Å². The SMILES string of the molecule is CC(C)(C)OC(=O)NC[C@@H]1O[C@H](O[C@H]2[C@@H](O)[C@H](O[C@@H]3[C@H](NC(=O)OC(C)(C)C)[C@@H](N=[N+]=[N-])C[C@H](NC(=O)OC(C)(C)C)[C@H]3O[C@H]3O[C@H](CNC(=O)OC(C)(C)C)[C@@H](O)[C@H](O)[C@H]3NC(=O)OC(C)(C)C)O[C@@H]2CO)[C@H](NC(=O)OC(C)(C)C)[C@@H](N=[N+]=[N-])[C@@H]1O. The van der Waals surface area contributed by atoms with E-state index in [9.17, 15) is 65.4 Å². The van der Waals surface area contributed by atoms with Crippen LogP contribution >= 0.6 is 0 Å². The first kappa shape index (κ1) is 74.3. The summed E-state index contributed by atoms with van der Waals surface area (Å²) in [7, 11) is 0. The van der Waals surface area contributed by atoms with Crippen molar-refractivity contribution >= 4 is 36.6 Å². The summed E-state index contributed by atoms with van der Waals surface area (Å²) in [5.74, 6) is 0. The van der Waals surface area contributed by atoms with E-state index in [-0.39, 0.29) is 0 Å². The fraction of sp³-hybridized carbons (Fsp3) is 0.887. The van der Waals surface area contributed by atoms with Crippen LogP contribution in [-0.2, 0) is 56.8 Å². The van der Waals surface area contributed by atoms with Crippen LogP contribution in [0.2, 0.25) is 0 Å². The van der Waals surface area contributed by atoms with E-state index < -0.39 is 212 Å². The fourth-order valence-corrected chi connectivity index (χ4v) is 9.35. The van der Waals surface area contributed by atoms with Gasteiger partial charge < -0.3 is 114 Å². The highest BCUT2D eigenvalue weighted by Gasteiger charge is 2.57. The summed E-state index contributed by atoms with van der Waals surface area (Å²) in [6.07, 6.45) is -31.0. The van der Waals surface area contributed by atoms with Crippen LogP contribution in [-0.4, -0.2) is 232 Å². The van der Waals surface area contributed by atoms with Crippen LogP contribution in [0.4, 0.5) is 28.8 Å². The maximum atomic E-state index is 14.0. The number of carbonyl (C=O) groups is 6. The van der Waals surface area contributed by atoms with Gasteiger partial charge in [0.1, 0.15) is 94.6 Å². The number of nitrogens with zero attached hydrogens (tertiary/aromatic N) is 6. The van der Waals surface area contributed by atoms with Crippen LogP contribution in [0.1, 0.15) is 131 Å². The smallest absolute Gasteiger partial charge is 0.408 e. The summed E-state index contributed by atoms with van der Waals surface area (Å²) >= 11 is 0. The standard InChI is InChI=1S/C53H92N12O23/c1-48(2,3)83-42(71)56-20-25-32(67)29(63-65-55)30(60-46(75)87-52(13,14)15)39(77-25)81-37-27(22-66)79-41(35(37)70)82-38-28(59-45(74)86-51(10,11)12)23(62-64-54)19-24(58-44(73)85-50(7,8)9)36(38)80-40-31(61-47(76)88-53(16,17)18)34(69)33(68)26(78-40)21-57-43(72)84-49(4,5)6/h23-41,66-70H,19-22H2,1-18H3,(H,56,71)(H,57,72)(H,58,73)(H,59,74)(H,60,75)(H,61,76)/t23-,24-,25-,26+,27+,28+,29+,30+,31+,32+,33+,34+,35+,36+,37+,38+,39+,40+,41-/m0/s1. The van der Waals surface area contributed by atoms with Crippen molar-refractivity contribution in [2.75, 3.05) is 19.7 Å². The predicted octanol–water partition coefficient (Wildman–Crippen LogP) is 3.14. The number of rotatable bonds is 17. The van der Waals surface area contributed by atoms with Gasteiger partial charge in [-0.25, -0.2) is 28.8 Å². The fourth-order valence-electron chi connectivity index (χ4n) is 9.35. The summed E-state index contributed by atoms with van der Waals surface area (Å²) in [6, 6.07) is -9.79. The molecule has 0 unspecified atom stereocenters. The van der Waals surface area contributed by atoms with E-state index >= 15 is 0 Å². The Morgan fingerprint density at radius 1 is 0.443 bits per heavy atom. The second-order valence-corrected chi connectivity index (χ2v) is 27.3. The molecule has 3 heterocycles. The molecule has 4 fully saturated rings. The van der Waals surface area contributed by atoms with Crippen molar-refractivity contribution in [1.82, 2.24) is 31.9 Å². The highest BCUT2D eigenvalue weighted by molar-refractivity contribution is 5.70. The molecular formula is C53H92N12O23. The molecule has 4 rings (SSSR count). The Bertz CT molecular complexity index is 2480. The number of aliphatic hydroxyl groups excluding tert-OH is 5. The maximum Gasteiger partial charge on any atom is 0.408 e. The van der Waals surface area contributed by atoms with Crippen LogP contribution < -0.4 is 31.9 Å². The van der Waals surface area contributed by atoms with Crippen molar-refractivity contribution in [3.63, 3.8) is 0 Å². The molecule has 35 nitrogen and oxygen atoms in total. The predicted molar refractivity (Wildman–Crippen MR) is 303 cm³/mol. The number of alkyl carbamates (subject to hydrolysis) is 6. The van der Waals surface area contributed by atoms with Gasteiger partial charge in [-0.15, -0.1) is 0 Å². The number of hydrogen-bond acceptors (Lipinski definition) is 25. The lowest BCUT2D eigenvalue weighted by atomic mass is 9.81. The Labute approximate surface area is 510 Å². The lowest BCUT2D eigenvalue weighted by Crippen LogP contribution is -2.71. The Hall–Kier alpha value is -6.20. The largest absolute Gasteiger partial charge is 0.444 e. The molecule has 0 radical (unpaired) electrons. The maximum absolute atomic E-state index is 14.0. The van der Waals surface area contributed by atoms with E-state index in [1.807, 2.05) is 0 Å². The van der Waals surface area contributed by atoms with Gasteiger partial charge in [0.25, 0.3) is 0 Å². The minimum absolute atomic E-state index is 0.452. The summed E-state index contributed by atoms with van der Waals surface area (Å²) in [4.78, 5) is 86.6. The van der Waals surface area contributed by atoms with Crippen molar-refractivity contribution in [2.45, 2.75) is 281 Å². The molecule has 0 aromatic heterocycles. The first-order chi connectivity index (χ1) is 40.3. The van der Waals surface area contributed by atoms with Crippen LogP contribution in [0.3, 0.4) is 0 Å². The van der Waals surface area contributed by atoms with Gasteiger partial charge >= 0.3 is 36.6 Å². The third-order valence-corrected chi connectivity index (χ3v) is 12.6. The zero-order valence-corrected chi connectivity index (χ0v) is 53.1. The Kier molecular flexibility index (Phi) is 25.4. The minimum Gasteiger partial charge on any atom is -0.444 e. The highest BCUT2D eigenvalue weighted by Crippen LogP contribution is 2.38. The lowest BCUT2D eigenvalue weighted by Gasteiger charge is -2.49. The minimum atomic E-state index is -2.11. The van der Waals surface area contributed by atoms with E-state index in [0.717, 1.165) is 0 Å². The number of nitrogens with one attached hydrogen (secondary N) is 6. The summed E-state index contributed by atoms with van der Waals surface area (Å²) < 4.78 is 71.3. The molecule has 19 atom stereocenters. The molecule has 0 bridgehead atoms. The molecular weight excluding hydrogens is 1170 g/mol. The first-order valence-electron chi connectivity index (χ1n) is 28.6. The van der Waals surface area contributed by atoms with Crippen molar-refractivity contribution in [1.29, 1.82) is 0 Å². The second kappa shape index (κ2) is 30.1. The number of ether oxygens (including phenoxy) is 12. The van der Waals surface area contributed by atoms with Crippen molar-refractivity contribution in [3.05, 3.63) is 20.9 Å². The van der Waals surface area contributed by atoms with Crippen LogP contribution in [0.5, 0.6) is 0 Å². The molecule has 4 aliphatic rings. The average Bonchev–Trinajstić information content (AvgIpc) is 1.40. The quantitative estimate of drug-likeness (QED) is 0.0431. The Morgan fingerprint density at radius 2 is 0.807 bits per heavy atom. The molecule has 0 aromatic rings. The molecule has 88 heavy (non-hydrogen) atoms. The van der Waals surface area contributed by atoms with E-state index in [1.54, 1.807) is 125 Å².